The van der Waals surface area contributed by atoms with Crippen molar-refractivity contribution in [3.63, 3.8) is 0 Å². The minimum Gasteiger partial charge on any atom is -0.492 e. The van der Waals surface area contributed by atoms with Crippen LogP contribution in [-0.2, 0) is 4.79 Å². The summed E-state index contributed by atoms with van der Waals surface area (Å²) in [4.78, 5) is 25.2. The van der Waals surface area contributed by atoms with Crippen LogP contribution in [-0.4, -0.2) is 28.4 Å². The zero-order valence-electron chi connectivity index (χ0n) is 17.6. The number of amides is 1. The predicted molar refractivity (Wildman–Crippen MR) is 121 cm³/mol. The van der Waals surface area contributed by atoms with Crippen LogP contribution in [0.15, 0.2) is 59.4 Å². The van der Waals surface area contributed by atoms with Crippen molar-refractivity contribution in [1.29, 1.82) is 0 Å². The van der Waals surface area contributed by atoms with E-state index in [1.54, 1.807) is 30.3 Å². The van der Waals surface area contributed by atoms with Crippen LogP contribution in [0.25, 0.3) is 5.69 Å². The van der Waals surface area contributed by atoms with E-state index in [0.29, 0.717) is 35.2 Å². The first-order valence-corrected chi connectivity index (χ1v) is 10.4. The van der Waals surface area contributed by atoms with E-state index in [4.69, 9.17) is 21.1 Å². The average molecular weight is 442 g/mol. The quantitative estimate of drug-likeness (QED) is 0.560. The Kier molecular flexibility index (Phi) is 7.31. The van der Waals surface area contributed by atoms with Crippen LogP contribution < -0.4 is 20.3 Å². The second-order valence-electron chi connectivity index (χ2n) is 6.79. The topological polar surface area (TPSA) is 82.5 Å². The molecule has 3 aromatic rings. The fourth-order valence-electron chi connectivity index (χ4n) is 2.97. The number of nitrogens with one attached hydrogen (secondary N) is 1. The molecule has 0 aliphatic rings. The van der Waals surface area contributed by atoms with Gasteiger partial charge in [0.25, 0.3) is 11.5 Å². The minimum atomic E-state index is -0.811. The molecule has 0 spiro atoms. The van der Waals surface area contributed by atoms with Gasteiger partial charge in [-0.1, -0.05) is 36.7 Å². The van der Waals surface area contributed by atoms with Crippen molar-refractivity contribution in [2.24, 2.45) is 0 Å². The summed E-state index contributed by atoms with van der Waals surface area (Å²) < 4.78 is 12.6. The molecule has 0 saturated carbocycles. The summed E-state index contributed by atoms with van der Waals surface area (Å²) in [7, 11) is 0. The van der Waals surface area contributed by atoms with Crippen LogP contribution in [0.5, 0.6) is 11.6 Å². The molecule has 31 heavy (non-hydrogen) atoms. The Labute approximate surface area is 185 Å². The number of hydrogen-bond acceptors (Lipinski definition) is 5. The molecule has 1 heterocycles. The van der Waals surface area contributed by atoms with E-state index in [1.165, 1.54) is 16.8 Å². The molecule has 0 fully saturated rings. The minimum absolute atomic E-state index is 0.152. The Bertz CT molecular complexity index is 1130. The first-order chi connectivity index (χ1) is 14.9. The molecular formula is C23H24ClN3O4. The third-order valence-electron chi connectivity index (χ3n) is 4.55. The second-order valence-corrected chi connectivity index (χ2v) is 7.22. The van der Waals surface area contributed by atoms with E-state index >= 15 is 0 Å². The number of benzene rings is 2. The highest BCUT2D eigenvalue weighted by molar-refractivity contribution is 6.30. The Morgan fingerprint density at radius 1 is 1.16 bits per heavy atom. The largest absolute Gasteiger partial charge is 0.492 e. The number of anilines is 1. The van der Waals surface area contributed by atoms with Gasteiger partial charge in [0, 0.05) is 17.2 Å². The molecule has 1 atom stereocenters. The van der Waals surface area contributed by atoms with Crippen LogP contribution >= 0.6 is 11.6 Å². The van der Waals surface area contributed by atoms with Gasteiger partial charge in [-0.25, -0.2) is 0 Å². The lowest BCUT2D eigenvalue weighted by Crippen LogP contribution is -2.33. The highest BCUT2D eigenvalue weighted by atomic mass is 35.5. The van der Waals surface area contributed by atoms with Crippen LogP contribution in [0.3, 0.4) is 0 Å². The van der Waals surface area contributed by atoms with Gasteiger partial charge in [0.05, 0.1) is 18.0 Å². The van der Waals surface area contributed by atoms with Gasteiger partial charge in [0.15, 0.2) is 6.10 Å². The fourth-order valence-corrected chi connectivity index (χ4v) is 3.14. The summed E-state index contributed by atoms with van der Waals surface area (Å²) in [5.74, 6) is 0.392. The van der Waals surface area contributed by atoms with Crippen molar-refractivity contribution in [1.82, 2.24) is 9.78 Å². The highest BCUT2D eigenvalue weighted by Gasteiger charge is 2.21. The van der Waals surface area contributed by atoms with Crippen LogP contribution in [0.1, 0.15) is 25.8 Å². The number of carbonyl (C=O) groups excluding carboxylic acids is 1. The van der Waals surface area contributed by atoms with E-state index in [-0.39, 0.29) is 17.3 Å². The van der Waals surface area contributed by atoms with Crippen molar-refractivity contribution in [3.05, 3.63) is 75.5 Å². The van der Waals surface area contributed by atoms with E-state index in [1.807, 2.05) is 32.9 Å². The maximum absolute atomic E-state index is 12.8. The maximum Gasteiger partial charge on any atom is 0.271 e. The van der Waals surface area contributed by atoms with Crippen molar-refractivity contribution < 1.29 is 14.3 Å². The third-order valence-corrected chi connectivity index (χ3v) is 4.78. The summed E-state index contributed by atoms with van der Waals surface area (Å²) in [5.41, 5.74) is 1.60. The van der Waals surface area contributed by atoms with Gasteiger partial charge in [-0.05, 0) is 50.1 Å². The molecule has 1 aromatic heterocycles. The van der Waals surface area contributed by atoms with Crippen LogP contribution in [0, 0.1) is 6.92 Å². The molecule has 0 saturated heterocycles. The number of ether oxygens (including phenoxy) is 2. The number of nitrogens with zero attached hydrogens (tertiary/aromatic N) is 2. The van der Waals surface area contributed by atoms with Crippen LogP contribution in [0.2, 0.25) is 5.02 Å². The maximum atomic E-state index is 12.8. The zero-order chi connectivity index (χ0) is 22.4. The number of para-hydroxylation sites is 2. The number of aryl methyl sites for hydroxylation is 1. The van der Waals surface area contributed by atoms with Gasteiger partial charge < -0.3 is 14.8 Å². The molecule has 1 N–H and O–H groups in total. The molecule has 2 aromatic carbocycles. The molecule has 3 rings (SSSR count). The molecule has 162 valence electrons. The van der Waals surface area contributed by atoms with E-state index in [2.05, 4.69) is 10.4 Å². The van der Waals surface area contributed by atoms with Gasteiger partial charge in [0.2, 0.25) is 5.88 Å². The van der Waals surface area contributed by atoms with E-state index < -0.39 is 6.10 Å². The van der Waals surface area contributed by atoms with Gasteiger partial charge in [0.1, 0.15) is 5.75 Å². The lowest BCUT2D eigenvalue weighted by atomic mass is 10.2. The molecule has 8 heteroatoms. The molecule has 0 aliphatic carbocycles. The predicted octanol–water partition coefficient (Wildman–Crippen LogP) is 4.39. The van der Waals surface area contributed by atoms with Gasteiger partial charge in [-0.3, -0.25) is 9.59 Å². The summed E-state index contributed by atoms with van der Waals surface area (Å²) in [6.45, 7) is 6.04. The van der Waals surface area contributed by atoms with Crippen molar-refractivity contribution >= 4 is 23.2 Å². The number of aromatic nitrogens is 2. The monoisotopic (exact) mass is 441 g/mol. The van der Waals surface area contributed by atoms with Crippen molar-refractivity contribution in [2.45, 2.75) is 33.3 Å². The molecule has 7 nitrogen and oxygen atoms in total. The Morgan fingerprint density at radius 2 is 1.94 bits per heavy atom. The first kappa shape index (κ1) is 22.4. The fraction of sp³-hybridized carbons (Fsp3) is 0.261. The van der Waals surface area contributed by atoms with Gasteiger partial charge in [-0.2, -0.15) is 4.68 Å². The smallest absolute Gasteiger partial charge is 0.271 e. The van der Waals surface area contributed by atoms with Crippen molar-refractivity contribution in [3.8, 4) is 17.3 Å². The number of hydrogen-bond donors (Lipinski definition) is 1. The Morgan fingerprint density at radius 3 is 2.68 bits per heavy atom. The molecule has 0 radical (unpaired) electrons. The first-order valence-electron chi connectivity index (χ1n) is 9.99. The molecule has 1 unspecified atom stereocenters. The zero-order valence-corrected chi connectivity index (χ0v) is 18.3. The standard InChI is InChI=1S/C23H24ClN3O4/c1-4-19(23(29)25-17-8-6-7-9-20(17)30-5-2)31-21-12-13-22(28)27(26-21)18-14-16(24)11-10-15(18)3/h6-14,19H,4-5H2,1-3H3,(H,25,29). The van der Waals surface area contributed by atoms with Gasteiger partial charge >= 0.3 is 0 Å². The van der Waals surface area contributed by atoms with Gasteiger partial charge in [-0.15, -0.1) is 5.10 Å². The SMILES string of the molecule is CCOc1ccccc1NC(=O)C(CC)Oc1ccc(=O)n(-c2cc(Cl)ccc2C)n1. The average Bonchev–Trinajstić information content (AvgIpc) is 2.76. The number of rotatable bonds is 8. The molecule has 1 amide bonds. The lowest BCUT2D eigenvalue weighted by molar-refractivity contribution is -0.123. The molecule has 0 bridgehead atoms. The summed E-state index contributed by atoms with van der Waals surface area (Å²) >= 11 is 6.08. The second kappa shape index (κ2) is 10.1. The Hall–Kier alpha value is -3.32. The van der Waals surface area contributed by atoms with Crippen LogP contribution in [0.4, 0.5) is 5.69 Å². The molecular weight excluding hydrogens is 418 g/mol. The lowest BCUT2D eigenvalue weighted by Gasteiger charge is -2.18. The Balaban J connectivity index is 1.83. The normalized spacial score (nSPS) is 11.6. The third kappa shape index (κ3) is 5.44. The summed E-state index contributed by atoms with van der Waals surface area (Å²) in [6.07, 6.45) is -0.409. The van der Waals surface area contributed by atoms with E-state index in [9.17, 15) is 9.59 Å². The highest BCUT2D eigenvalue weighted by Crippen LogP contribution is 2.24. The van der Waals surface area contributed by atoms with E-state index in [0.717, 1.165) is 5.56 Å². The van der Waals surface area contributed by atoms with Crippen molar-refractivity contribution in [2.75, 3.05) is 11.9 Å². The summed E-state index contributed by atoms with van der Waals surface area (Å²) in [6, 6.07) is 15.2. The summed E-state index contributed by atoms with van der Waals surface area (Å²) in [5, 5.41) is 7.61. The number of carbonyl (C=O) groups is 1. The number of halogens is 1. The molecule has 0 aliphatic heterocycles.